The van der Waals surface area contributed by atoms with Gasteiger partial charge in [0.2, 0.25) is 5.95 Å². The maximum atomic E-state index is 12.9. The topological polar surface area (TPSA) is 107 Å². The predicted molar refractivity (Wildman–Crippen MR) is 139 cm³/mol. The minimum atomic E-state index is -1.23. The van der Waals surface area contributed by atoms with Gasteiger partial charge in [0.05, 0.1) is 10.5 Å². The minimum absolute atomic E-state index is 0.206. The van der Waals surface area contributed by atoms with E-state index in [4.69, 9.17) is 5.21 Å². The average molecular weight is 500 g/mol. The van der Waals surface area contributed by atoms with Gasteiger partial charge >= 0.3 is 0 Å². The SMILES string of the molecule is CC.CC.O=C(NO)c1cnc(N2CC3C(C2)C3NS(=O)c2ccc3c(c2)C/C=C\CCC3)nc1. The van der Waals surface area contributed by atoms with Gasteiger partial charge in [0, 0.05) is 31.5 Å². The number of piperidine rings is 1. The molecule has 1 amide bonds. The van der Waals surface area contributed by atoms with Crippen molar-refractivity contribution in [1.29, 1.82) is 0 Å². The number of aryl methyl sites for hydroxylation is 1. The Bertz CT molecular complexity index is 1030. The summed E-state index contributed by atoms with van der Waals surface area (Å²) in [7, 11) is -1.23. The first-order chi connectivity index (χ1) is 17.1. The molecule has 0 radical (unpaired) electrons. The van der Waals surface area contributed by atoms with E-state index in [0.29, 0.717) is 17.8 Å². The van der Waals surface area contributed by atoms with Crippen LogP contribution < -0.4 is 15.1 Å². The Morgan fingerprint density at radius 3 is 2.40 bits per heavy atom. The number of carbonyl (C=O) groups excluding carboxylic acids is 1. The summed E-state index contributed by atoms with van der Waals surface area (Å²) in [6, 6.07) is 6.46. The second-order valence-corrected chi connectivity index (χ2v) is 9.60. The van der Waals surface area contributed by atoms with Crippen LogP contribution in [-0.4, -0.2) is 44.4 Å². The first-order valence-electron chi connectivity index (χ1n) is 12.6. The van der Waals surface area contributed by atoms with E-state index in [1.165, 1.54) is 23.5 Å². The van der Waals surface area contributed by atoms with E-state index >= 15 is 0 Å². The number of benzene rings is 1. The summed E-state index contributed by atoms with van der Waals surface area (Å²) < 4.78 is 16.2. The van der Waals surface area contributed by atoms with Gasteiger partial charge in [-0.1, -0.05) is 45.9 Å². The molecule has 2 aliphatic carbocycles. The number of hydrogen-bond acceptors (Lipinski definition) is 6. The number of rotatable bonds is 5. The maximum absolute atomic E-state index is 12.9. The third-order valence-electron chi connectivity index (χ3n) is 6.44. The molecule has 3 aliphatic rings. The van der Waals surface area contributed by atoms with Gasteiger partial charge in [-0.15, -0.1) is 0 Å². The second kappa shape index (κ2) is 12.9. The van der Waals surface area contributed by atoms with Crippen molar-refractivity contribution >= 4 is 22.8 Å². The Balaban J connectivity index is 0.000000815. The first-order valence-corrected chi connectivity index (χ1v) is 13.7. The van der Waals surface area contributed by atoms with Crippen LogP contribution in [0, 0.1) is 11.8 Å². The first kappa shape index (κ1) is 27.0. The Labute approximate surface area is 210 Å². The van der Waals surface area contributed by atoms with Crippen LogP contribution in [0.5, 0.6) is 0 Å². The molecule has 1 aromatic carbocycles. The van der Waals surface area contributed by atoms with Crippen LogP contribution in [0.15, 0.2) is 47.6 Å². The van der Waals surface area contributed by atoms with Crippen LogP contribution in [-0.2, 0) is 23.8 Å². The highest BCUT2D eigenvalue weighted by molar-refractivity contribution is 7.83. The molecule has 9 heteroatoms. The number of allylic oxidation sites excluding steroid dienone is 2. The Morgan fingerprint density at radius 2 is 1.74 bits per heavy atom. The third-order valence-corrected chi connectivity index (χ3v) is 7.60. The van der Waals surface area contributed by atoms with Crippen LogP contribution in [0.4, 0.5) is 5.95 Å². The molecule has 1 aliphatic heterocycles. The molecule has 1 saturated heterocycles. The normalized spacial score (nSPS) is 23.6. The molecule has 2 fully saturated rings. The summed E-state index contributed by atoms with van der Waals surface area (Å²) in [5, 5.41) is 8.67. The Morgan fingerprint density at radius 1 is 1.06 bits per heavy atom. The van der Waals surface area contributed by atoms with Gasteiger partial charge in [0.25, 0.3) is 5.91 Å². The van der Waals surface area contributed by atoms with Crippen molar-refractivity contribution in [3.63, 3.8) is 0 Å². The summed E-state index contributed by atoms with van der Waals surface area (Å²) in [5.74, 6) is 0.767. The average Bonchev–Trinajstić information content (AvgIpc) is 3.32. The van der Waals surface area contributed by atoms with Gasteiger partial charge in [-0.3, -0.25) is 10.0 Å². The summed E-state index contributed by atoms with van der Waals surface area (Å²) in [5.41, 5.74) is 4.42. The lowest BCUT2D eigenvalue weighted by Crippen LogP contribution is -2.33. The molecule has 35 heavy (non-hydrogen) atoms. The molecular formula is C26H37N5O3S. The molecule has 1 aromatic heterocycles. The zero-order chi connectivity index (χ0) is 25.4. The monoisotopic (exact) mass is 499 g/mol. The van der Waals surface area contributed by atoms with Crippen molar-refractivity contribution in [2.24, 2.45) is 11.8 Å². The van der Waals surface area contributed by atoms with E-state index in [1.54, 1.807) is 5.48 Å². The van der Waals surface area contributed by atoms with Crippen molar-refractivity contribution in [2.75, 3.05) is 18.0 Å². The van der Waals surface area contributed by atoms with Crippen molar-refractivity contribution < 1.29 is 14.2 Å². The van der Waals surface area contributed by atoms with Gasteiger partial charge in [-0.2, -0.15) is 0 Å². The molecule has 2 heterocycles. The van der Waals surface area contributed by atoms with Gasteiger partial charge in [-0.25, -0.2) is 24.4 Å². The molecule has 1 saturated carbocycles. The number of hydrogen-bond donors (Lipinski definition) is 3. The summed E-state index contributed by atoms with van der Waals surface area (Å²) in [6.07, 6.45) is 11.5. The van der Waals surface area contributed by atoms with E-state index in [0.717, 1.165) is 43.7 Å². The van der Waals surface area contributed by atoms with Crippen LogP contribution in [0.2, 0.25) is 0 Å². The minimum Gasteiger partial charge on any atom is -0.340 e. The van der Waals surface area contributed by atoms with E-state index in [1.807, 2.05) is 33.8 Å². The summed E-state index contributed by atoms with van der Waals surface area (Å²) in [6.45, 7) is 9.58. The predicted octanol–water partition coefficient (Wildman–Crippen LogP) is 3.83. The molecule has 190 valence electrons. The highest BCUT2D eigenvalue weighted by atomic mass is 32.2. The van der Waals surface area contributed by atoms with E-state index < -0.39 is 16.9 Å². The number of hydroxylamine groups is 1. The lowest BCUT2D eigenvalue weighted by molar-refractivity contribution is 0.0705. The highest BCUT2D eigenvalue weighted by Crippen LogP contribution is 2.46. The quantitative estimate of drug-likeness (QED) is 0.328. The molecule has 3 unspecified atom stereocenters. The number of carbonyl (C=O) groups is 1. The number of nitrogens with zero attached hydrogens (tertiary/aromatic N) is 3. The fourth-order valence-corrected chi connectivity index (χ4v) is 5.79. The molecule has 5 rings (SSSR count). The fourth-order valence-electron chi connectivity index (χ4n) is 4.61. The van der Waals surface area contributed by atoms with Gasteiger partial charge < -0.3 is 4.90 Å². The smallest absolute Gasteiger partial charge is 0.277 e. The standard InChI is InChI=1S/C22H25N5O3S.2C2H6/c28-21(25-29)16-10-23-22(24-11-16)27-12-18-19(13-27)20(18)26-31(30)17-8-7-14-5-3-1-2-4-6-15(14)9-17;2*1-2/h2,4,7-11,18-20,26,29H,1,3,5-6,12-13H2,(H,25,28);2*1-2H3/b4-2-;;. The van der Waals surface area contributed by atoms with Crippen molar-refractivity contribution in [3.8, 4) is 0 Å². The van der Waals surface area contributed by atoms with Gasteiger partial charge in [0.15, 0.2) is 0 Å². The van der Waals surface area contributed by atoms with Crippen LogP contribution in [0.1, 0.15) is 62.0 Å². The zero-order valence-electron chi connectivity index (χ0n) is 21.0. The number of amides is 1. The Kier molecular flexibility index (Phi) is 9.94. The van der Waals surface area contributed by atoms with Crippen LogP contribution in [0.25, 0.3) is 0 Å². The molecule has 3 N–H and O–H groups in total. The molecule has 2 aromatic rings. The second-order valence-electron chi connectivity index (χ2n) is 8.36. The number of aromatic nitrogens is 2. The molecule has 3 atom stereocenters. The van der Waals surface area contributed by atoms with Gasteiger partial charge in [-0.05, 0) is 60.8 Å². The zero-order valence-corrected chi connectivity index (χ0v) is 21.8. The third kappa shape index (κ3) is 6.34. The molecule has 0 spiro atoms. The number of nitrogens with one attached hydrogen (secondary N) is 2. The molecular weight excluding hydrogens is 462 g/mol. The Hall–Kier alpha value is -2.62. The molecule has 8 nitrogen and oxygen atoms in total. The lowest BCUT2D eigenvalue weighted by atomic mass is 9.97. The summed E-state index contributed by atoms with van der Waals surface area (Å²) >= 11 is 0. The molecule has 0 bridgehead atoms. The van der Waals surface area contributed by atoms with Crippen molar-refractivity contribution in [1.82, 2.24) is 20.2 Å². The van der Waals surface area contributed by atoms with Crippen molar-refractivity contribution in [2.45, 2.75) is 64.3 Å². The van der Waals surface area contributed by atoms with Crippen LogP contribution in [0.3, 0.4) is 0 Å². The lowest BCUT2D eigenvalue weighted by Gasteiger charge is -2.20. The van der Waals surface area contributed by atoms with Crippen molar-refractivity contribution in [3.05, 3.63) is 59.4 Å². The maximum Gasteiger partial charge on any atom is 0.277 e. The van der Waals surface area contributed by atoms with E-state index in [-0.39, 0.29) is 11.6 Å². The number of fused-ring (bicyclic) bond motifs is 2. The largest absolute Gasteiger partial charge is 0.340 e. The van der Waals surface area contributed by atoms with E-state index in [2.05, 4.69) is 43.9 Å². The fraction of sp³-hybridized carbons (Fsp3) is 0.500. The highest BCUT2D eigenvalue weighted by Gasteiger charge is 2.56. The van der Waals surface area contributed by atoms with Crippen LogP contribution >= 0.6 is 0 Å². The summed E-state index contributed by atoms with van der Waals surface area (Å²) in [4.78, 5) is 22.8. The van der Waals surface area contributed by atoms with Gasteiger partial charge in [0.1, 0.15) is 11.0 Å². The van der Waals surface area contributed by atoms with E-state index in [9.17, 15) is 9.00 Å². The number of anilines is 1.